The lowest BCUT2D eigenvalue weighted by atomic mass is 9.49. The van der Waals surface area contributed by atoms with Gasteiger partial charge in [0, 0.05) is 45.6 Å². The van der Waals surface area contributed by atoms with E-state index in [-0.39, 0.29) is 12.6 Å². The van der Waals surface area contributed by atoms with Crippen LogP contribution >= 0.6 is 0 Å². The van der Waals surface area contributed by atoms with Crippen molar-refractivity contribution >= 4 is 10.9 Å². The van der Waals surface area contributed by atoms with Crippen LogP contribution in [0, 0.1) is 0 Å². The van der Waals surface area contributed by atoms with Crippen molar-refractivity contribution in [3.63, 3.8) is 0 Å². The number of benzene rings is 5. The van der Waals surface area contributed by atoms with E-state index in [4.69, 9.17) is 9.47 Å². The lowest BCUT2D eigenvalue weighted by Crippen LogP contribution is -2.74. The number of hydrogen-bond donors (Lipinski definition) is 1. The Bertz CT molecular complexity index is 2160. The molecule has 1 saturated heterocycles. The number of likely N-dealkylation sites (tertiary alicyclic amines) is 1. The second-order valence-corrected chi connectivity index (χ2v) is 14.6. The first kappa shape index (κ1) is 30.0. The summed E-state index contributed by atoms with van der Waals surface area (Å²) in [7, 11) is 2.14. The largest absolute Gasteiger partial charge is 0.479 e. The van der Waals surface area contributed by atoms with Gasteiger partial charge in [0.25, 0.3) is 0 Å². The molecule has 0 saturated carbocycles. The average molecular weight is 663 g/mol. The van der Waals surface area contributed by atoms with E-state index in [9.17, 15) is 9.50 Å². The van der Waals surface area contributed by atoms with Gasteiger partial charge in [-0.25, -0.2) is 4.39 Å². The molecule has 250 valence electrons. The van der Waals surface area contributed by atoms with E-state index in [2.05, 4.69) is 114 Å². The van der Waals surface area contributed by atoms with Gasteiger partial charge in [0.2, 0.25) is 0 Å². The Morgan fingerprint density at radius 2 is 1.46 bits per heavy atom. The third-order valence-electron chi connectivity index (χ3n) is 12.4. The molecule has 1 N–H and O–H groups in total. The lowest BCUT2D eigenvalue weighted by Gasteiger charge is -2.62. The minimum Gasteiger partial charge on any atom is -0.479 e. The van der Waals surface area contributed by atoms with E-state index >= 15 is 0 Å². The second kappa shape index (κ2) is 10.8. The van der Waals surface area contributed by atoms with Gasteiger partial charge >= 0.3 is 0 Å². The van der Waals surface area contributed by atoms with Crippen molar-refractivity contribution in [3.05, 3.63) is 166 Å². The Morgan fingerprint density at radius 3 is 2.10 bits per heavy atom. The molecule has 0 unspecified atom stereocenters. The summed E-state index contributed by atoms with van der Waals surface area (Å²) < 4.78 is 31.4. The number of piperidine rings is 1. The molecule has 5 aromatic carbocycles. The van der Waals surface area contributed by atoms with Crippen molar-refractivity contribution in [1.82, 2.24) is 9.47 Å². The summed E-state index contributed by atoms with van der Waals surface area (Å²) in [6.07, 6.45) is 1.43. The van der Waals surface area contributed by atoms with Crippen molar-refractivity contribution in [2.24, 2.45) is 0 Å². The van der Waals surface area contributed by atoms with E-state index in [1.54, 1.807) is 0 Å². The molecule has 0 radical (unpaired) electrons. The number of likely N-dealkylation sites (N-methyl/N-ethyl adjacent to an activating group) is 1. The summed E-state index contributed by atoms with van der Waals surface area (Å²) in [5.74, 6) is 1.34. The van der Waals surface area contributed by atoms with Crippen LogP contribution in [-0.2, 0) is 30.4 Å². The summed E-state index contributed by atoms with van der Waals surface area (Å²) in [5.41, 5.74) is 5.50. The zero-order valence-corrected chi connectivity index (χ0v) is 28.1. The fourth-order valence-electron chi connectivity index (χ4n) is 10.3. The third-order valence-corrected chi connectivity index (χ3v) is 12.4. The Hall–Kier alpha value is -4.91. The first-order chi connectivity index (χ1) is 24.5. The van der Waals surface area contributed by atoms with Gasteiger partial charge in [-0.3, -0.25) is 0 Å². The Labute approximate surface area is 291 Å². The molecule has 10 rings (SSSR count). The fraction of sp³-hybridized carbons (Fsp3) is 0.273. The molecule has 6 heteroatoms. The minimum absolute atomic E-state index is 0.0824. The SMILES string of the molecule is CN1CC[C@]23c4c5ccc(OC(c6ccccc6)(c6ccccc6)c6ccccc6)c4O[C@H]2c2c(c4ccccc4n2CCF)C[C@@]3(O)[C@H]1C5. The highest BCUT2D eigenvalue weighted by Crippen LogP contribution is 2.69. The molecular formula is C44H39FN2O3. The van der Waals surface area contributed by atoms with Gasteiger partial charge in [0.05, 0.1) is 23.3 Å². The number of aryl methyl sites for hydroxylation is 1. The standard InChI is InChI=1S/C44H39FN2O3/c1-46-25-23-42-38-29-21-22-36(50-44(30-13-5-2-6-14-30,31-15-7-3-8-16-31)32-17-9-4-10-18-32)40(38)49-41(42)39-34(28-43(42,48)37(46)27-29)33-19-11-12-20-35(33)47(39)26-24-45/h2-22,37,41,48H,23-28H2,1H3/t37-,41+,42+,43-/m1/s1. The first-order valence-electron chi connectivity index (χ1n) is 17.8. The number of aliphatic hydroxyl groups is 1. The second-order valence-electron chi connectivity index (χ2n) is 14.6. The molecule has 50 heavy (non-hydrogen) atoms. The van der Waals surface area contributed by atoms with Crippen LogP contribution < -0.4 is 9.47 Å². The van der Waals surface area contributed by atoms with Gasteiger partial charge in [-0.15, -0.1) is 0 Å². The van der Waals surface area contributed by atoms with Crippen molar-refractivity contribution in [1.29, 1.82) is 0 Å². The number of para-hydroxylation sites is 1. The first-order valence-corrected chi connectivity index (χ1v) is 17.8. The monoisotopic (exact) mass is 662 g/mol. The maximum absolute atomic E-state index is 14.4. The molecule has 5 nitrogen and oxygen atoms in total. The van der Waals surface area contributed by atoms with Crippen LogP contribution in [0.3, 0.4) is 0 Å². The summed E-state index contributed by atoms with van der Waals surface area (Å²) >= 11 is 0. The van der Waals surface area contributed by atoms with Gasteiger partial charge in [-0.2, -0.15) is 0 Å². The molecule has 3 heterocycles. The summed E-state index contributed by atoms with van der Waals surface area (Å²) in [4.78, 5) is 2.34. The van der Waals surface area contributed by atoms with Crippen molar-refractivity contribution in [3.8, 4) is 11.5 Å². The fourth-order valence-corrected chi connectivity index (χ4v) is 10.3. The normalized spacial score (nSPS) is 24.8. The van der Waals surface area contributed by atoms with Crippen LogP contribution in [-0.4, -0.2) is 46.5 Å². The van der Waals surface area contributed by atoms with Gasteiger partial charge in [0.1, 0.15) is 6.67 Å². The smallest absolute Gasteiger partial charge is 0.184 e. The van der Waals surface area contributed by atoms with Crippen molar-refractivity contribution in [2.45, 2.75) is 54.6 Å². The molecule has 2 aliphatic carbocycles. The number of alkyl halides is 1. The predicted octanol–water partition coefficient (Wildman–Crippen LogP) is 7.90. The molecule has 4 atom stereocenters. The Kier molecular flexibility index (Phi) is 6.47. The number of aromatic nitrogens is 1. The number of rotatable bonds is 7. The molecule has 1 spiro atoms. The number of ether oxygens (including phenoxy) is 2. The van der Waals surface area contributed by atoms with Crippen LogP contribution in [0.25, 0.3) is 10.9 Å². The highest BCUT2D eigenvalue weighted by Gasteiger charge is 2.73. The number of nitrogens with zero attached hydrogens (tertiary/aromatic N) is 2. The van der Waals surface area contributed by atoms with E-state index in [0.29, 0.717) is 24.3 Å². The molecule has 0 amide bonds. The van der Waals surface area contributed by atoms with E-state index in [1.165, 1.54) is 5.56 Å². The molecule has 1 fully saturated rings. The van der Waals surface area contributed by atoms with Gasteiger partial charge in [-0.1, -0.05) is 115 Å². The van der Waals surface area contributed by atoms with Crippen LogP contribution in [0.1, 0.15) is 51.6 Å². The van der Waals surface area contributed by atoms with Gasteiger partial charge in [0.15, 0.2) is 23.2 Å². The van der Waals surface area contributed by atoms with Crippen molar-refractivity contribution < 1.29 is 19.0 Å². The predicted molar refractivity (Wildman–Crippen MR) is 193 cm³/mol. The summed E-state index contributed by atoms with van der Waals surface area (Å²) in [6.45, 7) is 0.581. The molecule has 6 aromatic rings. The van der Waals surface area contributed by atoms with E-state index < -0.39 is 29.4 Å². The van der Waals surface area contributed by atoms with Crippen LogP contribution in [0.5, 0.6) is 11.5 Å². The van der Waals surface area contributed by atoms with Crippen LogP contribution in [0.15, 0.2) is 127 Å². The number of halogens is 1. The van der Waals surface area contributed by atoms with Crippen LogP contribution in [0.2, 0.25) is 0 Å². The highest BCUT2D eigenvalue weighted by molar-refractivity contribution is 5.87. The van der Waals surface area contributed by atoms with E-state index in [0.717, 1.165) is 57.4 Å². The van der Waals surface area contributed by atoms with Gasteiger partial charge in [-0.05, 0) is 49.7 Å². The molecular weight excluding hydrogens is 623 g/mol. The Balaban J connectivity index is 1.24. The van der Waals surface area contributed by atoms with Crippen LogP contribution in [0.4, 0.5) is 4.39 Å². The summed E-state index contributed by atoms with van der Waals surface area (Å²) in [6, 6.07) is 43.6. The molecule has 2 bridgehead atoms. The highest BCUT2D eigenvalue weighted by atomic mass is 19.1. The number of hydrogen-bond acceptors (Lipinski definition) is 4. The topological polar surface area (TPSA) is 46.9 Å². The maximum atomic E-state index is 14.4. The zero-order valence-electron chi connectivity index (χ0n) is 28.1. The van der Waals surface area contributed by atoms with Crippen molar-refractivity contribution in [2.75, 3.05) is 20.3 Å². The van der Waals surface area contributed by atoms with E-state index in [1.807, 2.05) is 30.3 Å². The quantitative estimate of drug-likeness (QED) is 0.177. The molecule has 2 aliphatic heterocycles. The number of fused-ring (bicyclic) bond motifs is 4. The minimum atomic E-state index is -1.09. The third kappa shape index (κ3) is 3.73. The zero-order chi connectivity index (χ0) is 33.7. The van der Waals surface area contributed by atoms with Gasteiger partial charge < -0.3 is 24.0 Å². The lowest BCUT2D eigenvalue weighted by molar-refractivity contribution is -0.168. The average Bonchev–Trinajstić information content (AvgIpc) is 3.66. The Morgan fingerprint density at radius 1 is 0.840 bits per heavy atom. The molecule has 1 aromatic heterocycles. The summed E-state index contributed by atoms with van der Waals surface area (Å²) in [5, 5.41) is 14.4. The maximum Gasteiger partial charge on any atom is 0.184 e. The molecule has 4 aliphatic rings.